The summed E-state index contributed by atoms with van der Waals surface area (Å²) in [4.78, 5) is 47.6. The van der Waals surface area contributed by atoms with Gasteiger partial charge in [-0.25, -0.2) is 14.5 Å². The van der Waals surface area contributed by atoms with Crippen LogP contribution < -0.4 is 14.8 Å². The molecule has 3 rings (SSSR count). The van der Waals surface area contributed by atoms with Crippen LogP contribution in [0.15, 0.2) is 48.2 Å². The molecule has 2 aromatic carbocycles. The molecule has 1 heterocycles. The number of carboxylic acid groups (broad SMARTS) is 1. The molecule has 0 spiro atoms. The van der Waals surface area contributed by atoms with Gasteiger partial charge in [-0.1, -0.05) is 18.2 Å². The lowest BCUT2D eigenvalue weighted by Gasteiger charge is -2.12. The zero-order valence-electron chi connectivity index (χ0n) is 17.3. The van der Waals surface area contributed by atoms with Crippen LogP contribution in [0.4, 0.5) is 4.79 Å². The predicted molar refractivity (Wildman–Crippen MR) is 111 cm³/mol. The van der Waals surface area contributed by atoms with Crippen molar-refractivity contribution in [1.82, 2.24) is 10.2 Å². The van der Waals surface area contributed by atoms with Crippen LogP contribution in [-0.4, -0.2) is 54.6 Å². The van der Waals surface area contributed by atoms with E-state index in [0.717, 1.165) is 12.0 Å². The van der Waals surface area contributed by atoms with Crippen LogP contribution >= 0.6 is 0 Å². The number of nitrogens with one attached hydrogen (secondary N) is 1. The van der Waals surface area contributed by atoms with E-state index < -0.39 is 30.4 Å². The highest BCUT2D eigenvalue weighted by atomic mass is 16.5. The van der Waals surface area contributed by atoms with Crippen molar-refractivity contribution in [3.8, 4) is 11.5 Å². The highest BCUT2D eigenvalue weighted by molar-refractivity contribution is 6.15. The van der Waals surface area contributed by atoms with Crippen molar-refractivity contribution in [3.05, 3.63) is 64.9 Å². The van der Waals surface area contributed by atoms with E-state index >= 15 is 0 Å². The molecule has 0 radical (unpaired) electrons. The number of nitrogens with zero attached hydrogens (tertiary/aromatic N) is 1. The molecule has 0 bridgehead atoms. The number of benzene rings is 2. The lowest BCUT2D eigenvalue weighted by atomic mass is 10.1. The molecular weight excluding hydrogens is 420 g/mol. The molecule has 1 aliphatic rings. The molecule has 2 N–H and O–H groups in total. The maximum atomic E-state index is 12.4. The minimum atomic E-state index is -1.03. The number of methoxy groups -OCH3 is 2. The number of esters is 1. The molecule has 166 valence electrons. The van der Waals surface area contributed by atoms with E-state index in [1.165, 1.54) is 25.3 Å². The van der Waals surface area contributed by atoms with Gasteiger partial charge < -0.3 is 24.6 Å². The van der Waals surface area contributed by atoms with E-state index in [9.17, 15) is 19.2 Å². The molecule has 3 amide bonds. The highest BCUT2D eigenvalue weighted by Gasteiger charge is 2.35. The summed E-state index contributed by atoms with van der Waals surface area (Å²) >= 11 is 0. The summed E-state index contributed by atoms with van der Waals surface area (Å²) in [5.74, 6) is -1.62. The van der Waals surface area contributed by atoms with Crippen LogP contribution in [0.3, 0.4) is 0 Å². The van der Waals surface area contributed by atoms with E-state index in [1.807, 2.05) is 0 Å². The smallest absolute Gasteiger partial charge is 0.335 e. The number of ether oxygens (including phenoxy) is 3. The lowest BCUT2D eigenvalue weighted by Crippen LogP contribution is -2.36. The molecule has 0 saturated carbocycles. The normalized spacial score (nSPS) is 14.3. The standard InChI is InChI=1S/C22H20N2O8/c1-30-18-10-13(9-16-20(26)24(22(29)23-16)11-19(25)31-2)6-7-17(18)32-12-14-4-3-5-15(8-14)21(27)28/h3-10H,11-12H2,1-2H3,(H,23,29)(H,27,28)/b16-9+. The first-order chi connectivity index (χ1) is 15.3. The Bertz CT molecular complexity index is 1110. The first-order valence-corrected chi connectivity index (χ1v) is 9.36. The Morgan fingerprint density at radius 1 is 1.09 bits per heavy atom. The van der Waals surface area contributed by atoms with E-state index in [1.54, 1.807) is 30.3 Å². The summed E-state index contributed by atoms with van der Waals surface area (Å²) in [5.41, 5.74) is 1.37. The second kappa shape index (κ2) is 9.65. The fourth-order valence-corrected chi connectivity index (χ4v) is 2.92. The average molecular weight is 440 g/mol. The van der Waals surface area contributed by atoms with Crippen molar-refractivity contribution in [2.24, 2.45) is 0 Å². The minimum absolute atomic E-state index is 0.000102. The fraction of sp³-hybridized carbons (Fsp3) is 0.182. The molecule has 2 aromatic rings. The van der Waals surface area contributed by atoms with Gasteiger partial charge in [0.15, 0.2) is 11.5 Å². The van der Waals surface area contributed by atoms with Gasteiger partial charge in [-0.05, 0) is 41.5 Å². The van der Waals surface area contributed by atoms with E-state index in [-0.39, 0.29) is 17.9 Å². The van der Waals surface area contributed by atoms with Crippen LogP contribution in [-0.2, 0) is 20.9 Å². The fourth-order valence-electron chi connectivity index (χ4n) is 2.92. The van der Waals surface area contributed by atoms with Crippen molar-refractivity contribution in [1.29, 1.82) is 0 Å². The van der Waals surface area contributed by atoms with Gasteiger partial charge in [-0.15, -0.1) is 0 Å². The SMILES string of the molecule is COC(=O)CN1C(=O)N/C(=C/c2ccc(OCc3cccc(C(=O)O)c3)c(OC)c2)C1=O. The number of hydrogen-bond acceptors (Lipinski definition) is 7. The van der Waals surface area contributed by atoms with Crippen molar-refractivity contribution in [3.63, 3.8) is 0 Å². The predicted octanol–water partition coefficient (Wildman–Crippen LogP) is 2.04. The molecule has 10 heteroatoms. The Morgan fingerprint density at radius 2 is 1.88 bits per heavy atom. The summed E-state index contributed by atoms with van der Waals surface area (Å²) in [7, 11) is 2.61. The van der Waals surface area contributed by atoms with Gasteiger partial charge in [0.1, 0.15) is 18.8 Å². The van der Waals surface area contributed by atoms with Crippen LogP contribution in [0.5, 0.6) is 11.5 Å². The van der Waals surface area contributed by atoms with Gasteiger partial charge in [0.25, 0.3) is 5.91 Å². The Morgan fingerprint density at radius 3 is 2.56 bits per heavy atom. The van der Waals surface area contributed by atoms with Crippen molar-refractivity contribution >= 4 is 30.0 Å². The summed E-state index contributed by atoms with van der Waals surface area (Å²) in [5, 5.41) is 11.5. The first-order valence-electron chi connectivity index (χ1n) is 9.36. The Balaban J connectivity index is 1.75. The van der Waals surface area contributed by atoms with Gasteiger partial charge in [-0.2, -0.15) is 0 Å². The number of carbonyl (C=O) groups excluding carboxylic acids is 3. The quantitative estimate of drug-likeness (QED) is 0.362. The second-order valence-corrected chi connectivity index (χ2v) is 6.66. The maximum Gasteiger partial charge on any atom is 0.335 e. The number of rotatable bonds is 8. The van der Waals surface area contributed by atoms with Gasteiger partial charge in [0.05, 0.1) is 19.8 Å². The van der Waals surface area contributed by atoms with Gasteiger partial charge in [0, 0.05) is 0 Å². The maximum absolute atomic E-state index is 12.4. The number of urea groups is 1. The molecule has 0 aromatic heterocycles. The second-order valence-electron chi connectivity index (χ2n) is 6.66. The van der Waals surface area contributed by atoms with Crippen LogP contribution in [0.1, 0.15) is 21.5 Å². The first kappa shape index (κ1) is 22.3. The molecule has 0 aliphatic carbocycles. The molecule has 0 unspecified atom stereocenters. The Kier molecular flexibility index (Phi) is 6.74. The number of carboxylic acids is 1. The topological polar surface area (TPSA) is 131 Å². The zero-order valence-corrected chi connectivity index (χ0v) is 17.3. The van der Waals surface area contributed by atoms with Gasteiger partial charge in [-0.3, -0.25) is 9.59 Å². The lowest BCUT2D eigenvalue weighted by molar-refractivity contribution is -0.143. The number of hydrogen-bond donors (Lipinski definition) is 2. The molecule has 1 fully saturated rings. The molecule has 10 nitrogen and oxygen atoms in total. The number of imide groups is 1. The van der Waals surface area contributed by atoms with Crippen molar-refractivity contribution in [2.75, 3.05) is 20.8 Å². The zero-order chi connectivity index (χ0) is 23.3. The summed E-state index contributed by atoms with van der Waals surface area (Å²) in [6, 6.07) is 10.5. The van der Waals surface area contributed by atoms with Crippen molar-refractivity contribution in [2.45, 2.75) is 6.61 Å². The van der Waals surface area contributed by atoms with Crippen LogP contribution in [0.25, 0.3) is 6.08 Å². The van der Waals surface area contributed by atoms with E-state index in [2.05, 4.69) is 10.1 Å². The van der Waals surface area contributed by atoms with Gasteiger partial charge in [0.2, 0.25) is 0 Å². The third kappa shape index (κ3) is 5.04. The van der Waals surface area contributed by atoms with E-state index in [4.69, 9.17) is 14.6 Å². The monoisotopic (exact) mass is 440 g/mol. The van der Waals surface area contributed by atoms with Crippen LogP contribution in [0, 0.1) is 0 Å². The molecular formula is C22H20N2O8. The van der Waals surface area contributed by atoms with Crippen LogP contribution in [0.2, 0.25) is 0 Å². The number of aromatic carboxylic acids is 1. The molecule has 1 saturated heterocycles. The number of amides is 3. The average Bonchev–Trinajstić information content (AvgIpc) is 3.05. The number of carbonyl (C=O) groups is 4. The summed E-state index contributed by atoms with van der Waals surface area (Å²) < 4.78 is 15.6. The van der Waals surface area contributed by atoms with Crippen molar-refractivity contribution < 1.29 is 38.5 Å². The van der Waals surface area contributed by atoms with E-state index in [0.29, 0.717) is 22.6 Å². The third-order valence-electron chi connectivity index (χ3n) is 4.54. The Labute approximate surface area is 183 Å². The Hall–Kier alpha value is -4.34. The molecule has 1 aliphatic heterocycles. The highest BCUT2D eigenvalue weighted by Crippen LogP contribution is 2.30. The molecule has 0 atom stereocenters. The summed E-state index contributed by atoms with van der Waals surface area (Å²) in [6.07, 6.45) is 1.44. The van der Waals surface area contributed by atoms with Gasteiger partial charge >= 0.3 is 18.0 Å². The minimum Gasteiger partial charge on any atom is -0.493 e. The largest absolute Gasteiger partial charge is 0.493 e. The third-order valence-corrected chi connectivity index (χ3v) is 4.54. The molecule has 32 heavy (non-hydrogen) atoms. The summed E-state index contributed by atoms with van der Waals surface area (Å²) in [6.45, 7) is -0.368.